The Bertz CT molecular complexity index is 646. The van der Waals surface area contributed by atoms with E-state index in [1.165, 1.54) is 25.5 Å². The Balaban J connectivity index is 2.34. The molecule has 0 spiro atoms. The molecular weight excluding hydrogens is 252 g/mol. The molecule has 8 heteroatoms. The second kappa shape index (κ2) is 5.36. The van der Waals surface area contributed by atoms with Crippen molar-refractivity contribution in [2.24, 2.45) is 5.84 Å². The second-order valence-electron chi connectivity index (χ2n) is 3.62. The number of furan rings is 1. The van der Waals surface area contributed by atoms with Crippen molar-refractivity contribution in [3.8, 4) is 5.88 Å². The first-order chi connectivity index (χ1) is 9.15. The topological polar surface area (TPSA) is 112 Å². The molecule has 2 heterocycles. The van der Waals surface area contributed by atoms with Gasteiger partial charge in [-0.3, -0.25) is 15.0 Å². The number of carbonyl (C=O) groups is 1. The number of amides is 1. The predicted molar refractivity (Wildman–Crippen MR) is 64.5 cm³/mol. The highest BCUT2D eigenvalue weighted by atomic mass is 16.5. The van der Waals surface area contributed by atoms with Crippen LogP contribution in [0.1, 0.15) is 16.1 Å². The molecule has 2 rings (SSSR count). The summed E-state index contributed by atoms with van der Waals surface area (Å²) in [5.41, 5.74) is 2.14. The van der Waals surface area contributed by atoms with Crippen LogP contribution in [0.4, 0.5) is 0 Å². The molecular formula is C11H12N4O4. The van der Waals surface area contributed by atoms with E-state index in [-0.39, 0.29) is 17.9 Å². The average Bonchev–Trinajstić information content (AvgIpc) is 2.88. The van der Waals surface area contributed by atoms with Crippen molar-refractivity contribution in [2.45, 2.75) is 6.54 Å². The Hall–Kier alpha value is -2.61. The van der Waals surface area contributed by atoms with E-state index in [2.05, 4.69) is 5.10 Å². The van der Waals surface area contributed by atoms with E-state index in [1.807, 2.05) is 5.43 Å². The number of hydrazine groups is 1. The normalized spacial score (nSPS) is 10.2. The number of aromatic nitrogens is 2. The van der Waals surface area contributed by atoms with Gasteiger partial charge < -0.3 is 9.15 Å². The summed E-state index contributed by atoms with van der Waals surface area (Å²) >= 11 is 0. The lowest BCUT2D eigenvalue weighted by molar-refractivity contribution is 0.0924. The number of nitrogen functional groups attached to an aromatic ring is 1. The molecule has 2 aromatic rings. The quantitative estimate of drug-likeness (QED) is 0.437. The maximum atomic E-state index is 11.7. The Labute approximate surface area is 107 Å². The van der Waals surface area contributed by atoms with Gasteiger partial charge in [0.1, 0.15) is 0 Å². The first kappa shape index (κ1) is 12.8. The van der Waals surface area contributed by atoms with Gasteiger partial charge in [-0.25, -0.2) is 10.5 Å². The summed E-state index contributed by atoms with van der Waals surface area (Å²) in [6.07, 6.45) is 1.34. The number of nitrogens with two attached hydrogens (primary N) is 1. The number of hydrogen-bond acceptors (Lipinski definition) is 6. The summed E-state index contributed by atoms with van der Waals surface area (Å²) in [5.74, 6) is 4.80. The summed E-state index contributed by atoms with van der Waals surface area (Å²) in [6.45, 7) is 0.0787. The minimum Gasteiger partial charge on any atom is -0.480 e. The van der Waals surface area contributed by atoms with Crippen LogP contribution in [0.5, 0.6) is 5.88 Å². The highest BCUT2D eigenvalue weighted by molar-refractivity contribution is 5.92. The van der Waals surface area contributed by atoms with Crippen LogP contribution in [0.2, 0.25) is 0 Å². The van der Waals surface area contributed by atoms with Crippen LogP contribution in [-0.2, 0) is 6.54 Å². The summed E-state index contributed by atoms with van der Waals surface area (Å²) in [6, 6.07) is 4.36. The van der Waals surface area contributed by atoms with E-state index in [0.717, 1.165) is 4.68 Å². The van der Waals surface area contributed by atoms with Gasteiger partial charge in [0.15, 0.2) is 5.76 Å². The molecule has 19 heavy (non-hydrogen) atoms. The second-order valence-corrected chi connectivity index (χ2v) is 3.62. The van der Waals surface area contributed by atoms with Gasteiger partial charge in [-0.05, 0) is 6.07 Å². The van der Waals surface area contributed by atoms with Crippen molar-refractivity contribution in [2.75, 3.05) is 7.11 Å². The number of hydrogen-bond donors (Lipinski definition) is 2. The van der Waals surface area contributed by atoms with E-state index < -0.39 is 5.91 Å². The molecule has 0 aliphatic rings. The van der Waals surface area contributed by atoms with Gasteiger partial charge in [-0.2, -0.15) is 0 Å². The fourth-order valence-electron chi connectivity index (χ4n) is 1.54. The summed E-state index contributed by atoms with van der Waals surface area (Å²) < 4.78 is 11.1. The smallest absolute Gasteiger partial charge is 0.301 e. The van der Waals surface area contributed by atoms with Crippen molar-refractivity contribution < 1.29 is 13.9 Å². The summed E-state index contributed by atoms with van der Waals surface area (Å²) in [4.78, 5) is 23.1. The SMILES string of the molecule is COc1ccc(=O)n(Cc2ccoc2C(=O)NN)n1. The van der Waals surface area contributed by atoms with Crippen LogP contribution < -0.4 is 21.6 Å². The fraction of sp³-hybridized carbons (Fsp3) is 0.182. The molecule has 3 N–H and O–H groups in total. The van der Waals surface area contributed by atoms with Crippen LogP contribution in [-0.4, -0.2) is 22.8 Å². The lowest BCUT2D eigenvalue weighted by Gasteiger charge is -2.06. The molecule has 8 nitrogen and oxygen atoms in total. The van der Waals surface area contributed by atoms with Gasteiger partial charge in [0.25, 0.3) is 5.56 Å². The third-order valence-corrected chi connectivity index (χ3v) is 2.46. The molecule has 0 fully saturated rings. The number of nitrogens with one attached hydrogen (secondary N) is 1. The minimum absolute atomic E-state index is 0.0408. The molecule has 0 atom stereocenters. The Morgan fingerprint density at radius 3 is 3.00 bits per heavy atom. The highest BCUT2D eigenvalue weighted by Gasteiger charge is 2.15. The third-order valence-electron chi connectivity index (χ3n) is 2.46. The number of carbonyl (C=O) groups excluding carboxylic acids is 1. The first-order valence-corrected chi connectivity index (χ1v) is 5.35. The minimum atomic E-state index is -0.573. The third kappa shape index (κ3) is 2.63. The van der Waals surface area contributed by atoms with E-state index in [0.29, 0.717) is 11.4 Å². The van der Waals surface area contributed by atoms with E-state index >= 15 is 0 Å². The molecule has 100 valence electrons. The summed E-state index contributed by atoms with van der Waals surface area (Å²) in [7, 11) is 1.45. The number of methoxy groups -OCH3 is 1. The molecule has 1 amide bonds. The standard InChI is InChI=1S/C11H12N4O4/c1-18-8-2-3-9(16)15(14-8)6-7-4-5-19-10(7)11(17)13-12/h2-5H,6,12H2,1H3,(H,13,17). The van der Waals surface area contributed by atoms with Crippen molar-refractivity contribution in [3.63, 3.8) is 0 Å². The number of rotatable bonds is 4. The van der Waals surface area contributed by atoms with Gasteiger partial charge in [0.05, 0.1) is 19.9 Å². The Morgan fingerprint density at radius 1 is 1.53 bits per heavy atom. The average molecular weight is 264 g/mol. The molecule has 0 bridgehead atoms. The maximum absolute atomic E-state index is 11.7. The first-order valence-electron chi connectivity index (χ1n) is 5.35. The largest absolute Gasteiger partial charge is 0.480 e. The molecule has 0 aromatic carbocycles. The highest BCUT2D eigenvalue weighted by Crippen LogP contribution is 2.11. The van der Waals surface area contributed by atoms with Gasteiger partial charge in [-0.15, -0.1) is 5.10 Å². The van der Waals surface area contributed by atoms with E-state index in [1.54, 1.807) is 6.07 Å². The summed E-state index contributed by atoms with van der Waals surface area (Å²) in [5, 5.41) is 3.97. The molecule has 0 radical (unpaired) electrons. The maximum Gasteiger partial charge on any atom is 0.301 e. The number of nitrogens with zero attached hydrogens (tertiary/aromatic N) is 2. The van der Waals surface area contributed by atoms with Crippen LogP contribution in [0, 0.1) is 0 Å². The molecule has 0 saturated carbocycles. The van der Waals surface area contributed by atoms with Crippen LogP contribution in [0.15, 0.2) is 33.7 Å². The molecule has 2 aromatic heterocycles. The lowest BCUT2D eigenvalue weighted by atomic mass is 10.2. The monoisotopic (exact) mass is 264 g/mol. The van der Waals surface area contributed by atoms with Crippen molar-refractivity contribution in [1.29, 1.82) is 0 Å². The molecule has 0 saturated heterocycles. The lowest BCUT2D eigenvalue weighted by Crippen LogP contribution is -2.31. The van der Waals surface area contributed by atoms with Crippen molar-refractivity contribution >= 4 is 5.91 Å². The molecule has 0 unspecified atom stereocenters. The predicted octanol–water partition coefficient (Wildman–Crippen LogP) is -0.503. The van der Waals surface area contributed by atoms with Crippen LogP contribution in [0.25, 0.3) is 0 Å². The Morgan fingerprint density at radius 2 is 2.32 bits per heavy atom. The van der Waals surface area contributed by atoms with Gasteiger partial charge in [0.2, 0.25) is 5.88 Å². The molecule has 0 aliphatic carbocycles. The van der Waals surface area contributed by atoms with Gasteiger partial charge in [-0.1, -0.05) is 0 Å². The zero-order valence-electron chi connectivity index (χ0n) is 10.1. The van der Waals surface area contributed by atoms with Crippen molar-refractivity contribution in [3.05, 3.63) is 46.1 Å². The zero-order valence-corrected chi connectivity index (χ0v) is 10.1. The van der Waals surface area contributed by atoms with E-state index in [9.17, 15) is 9.59 Å². The van der Waals surface area contributed by atoms with Crippen LogP contribution in [0.3, 0.4) is 0 Å². The van der Waals surface area contributed by atoms with E-state index in [4.69, 9.17) is 15.0 Å². The Kier molecular flexibility index (Phi) is 3.62. The fourth-order valence-corrected chi connectivity index (χ4v) is 1.54. The number of ether oxygens (including phenoxy) is 1. The van der Waals surface area contributed by atoms with Crippen LogP contribution >= 0.6 is 0 Å². The van der Waals surface area contributed by atoms with Gasteiger partial charge >= 0.3 is 5.91 Å². The molecule has 0 aliphatic heterocycles. The zero-order chi connectivity index (χ0) is 13.8. The van der Waals surface area contributed by atoms with Gasteiger partial charge in [0, 0.05) is 17.7 Å². The van der Waals surface area contributed by atoms with Crippen molar-refractivity contribution in [1.82, 2.24) is 15.2 Å².